The predicted octanol–water partition coefficient (Wildman–Crippen LogP) is 0.633. The van der Waals surface area contributed by atoms with Crippen molar-refractivity contribution in [1.82, 2.24) is 0 Å². The Bertz CT molecular complexity index is 484. The maximum absolute atomic E-state index is 11.8. The minimum absolute atomic E-state index is 0.197. The van der Waals surface area contributed by atoms with Gasteiger partial charge in [-0.1, -0.05) is 12.1 Å². The molecule has 0 spiro atoms. The lowest BCUT2D eigenvalue weighted by atomic mass is 10.1. The topological polar surface area (TPSA) is 98.9 Å². The van der Waals surface area contributed by atoms with Crippen LogP contribution in [0.4, 0.5) is 0 Å². The van der Waals surface area contributed by atoms with Crippen LogP contribution in [0.5, 0.6) is 0 Å². The van der Waals surface area contributed by atoms with Crippen LogP contribution in [0.25, 0.3) is 0 Å². The number of rotatable bonds is 5. The van der Waals surface area contributed by atoms with Crippen molar-refractivity contribution in [2.75, 3.05) is 13.2 Å². The monoisotopic (exact) mass is 297 g/mol. The van der Waals surface area contributed by atoms with Gasteiger partial charge in [0.1, 0.15) is 6.04 Å². The van der Waals surface area contributed by atoms with E-state index in [1.165, 1.54) is 0 Å². The van der Waals surface area contributed by atoms with Gasteiger partial charge in [0, 0.05) is 4.90 Å². The molecule has 0 saturated carbocycles. The van der Waals surface area contributed by atoms with Gasteiger partial charge < -0.3 is 20.3 Å². The minimum Gasteiger partial charge on any atom is -0.480 e. The normalized spacial score (nSPS) is 17.1. The Morgan fingerprint density at radius 3 is 2.45 bits per heavy atom. The highest BCUT2D eigenvalue weighted by molar-refractivity contribution is 8.13. The van der Waals surface area contributed by atoms with E-state index in [1.807, 2.05) is 0 Å². The molecule has 2 rings (SSSR count). The number of nitrogens with two attached hydrogens (primary N) is 1. The van der Waals surface area contributed by atoms with Gasteiger partial charge in [-0.15, -0.1) is 0 Å². The molecule has 1 heterocycles. The summed E-state index contributed by atoms with van der Waals surface area (Å²) in [6, 6.07) is 6.10. The van der Waals surface area contributed by atoms with E-state index in [4.69, 9.17) is 20.3 Å². The summed E-state index contributed by atoms with van der Waals surface area (Å²) < 4.78 is 10.2. The summed E-state index contributed by atoms with van der Waals surface area (Å²) >= 11 is 1.04. The van der Waals surface area contributed by atoms with E-state index in [0.29, 0.717) is 13.2 Å². The van der Waals surface area contributed by atoms with Crippen LogP contribution in [0.3, 0.4) is 0 Å². The summed E-state index contributed by atoms with van der Waals surface area (Å²) in [4.78, 5) is 23.2. The van der Waals surface area contributed by atoms with Crippen molar-refractivity contribution in [3.05, 3.63) is 29.8 Å². The van der Waals surface area contributed by atoms with E-state index in [0.717, 1.165) is 22.2 Å². The molecule has 0 amide bonds. The molecule has 1 aromatic carbocycles. The third-order valence-corrected chi connectivity index (χ3v) is 3.63. The number of carboxylic acid groups (broad SMARTS) is 1. The van der Waals surface area contributed by atoms with E-state index in [9.17, 15) is 9.59 Å². The molecule has 0 radical (unpaired) electrons. The average Bonchev–Trinajstić information content (AvgIpc) is 2.95. The molecule has 20 heavy (non-hydrogen) atoms. The highest BCUT2D eigenvalue weighted by Crippen LogP contribution is 2.23. The van der Waals surface area contributed by atoms with E-state index in [-0.39, 0.29) is 11.5 Å². The summed E-state index contributed by atoms with van der Waals surface area (Å²) in [6.45, 7) is 0.867. The molecule has 108 valence electrons. The number of hydrogen-bond acceptors (Lipinski definition) is 6. The standard InChI is InChI=1S/C13H15NO5S/c14-10(11(15)16)7-8-1-3-9(4-2-8)20-12(17)13-18-5-6-19-13/h1-4,10,13H,5-7,14H2,(H,15,16). The molecule has 7 heteroatoms. The van der Waals surface area contributed by atoms with Gasteiger partial charge in [-0.3, -0.25) is 9.59 Å². The first-order valence-corrected chi connectivity index (χ1v) is 6.90. The number of aliphatic carboxylic acids is 1. The SMILES string of the molecule is NC(Cc1ccc(SC(=O)C2OCCO2)cc1)C(=O)O. The molecule has 1 atom stereocenters. The summed E-state index contributed by atoms with van der Waals surface area (Å²) in [5, 5.41) is 8.54. The Morgan fingerprint density at radius 1 is 1.30 bits per heavy atom. The predicted molar refractivity (Wildman–Crippen MR) is 72.3 cm³/mol. The molecule has 1 fully saturated rings. The van der Waals surface area contributed by atoms with E-state index < -0.39 is 18.3 Å². The van der Waals surface area contributed by atoms with Crippen LogP contribution in [0, 0.1) is 0 Å². The Labute approximate surface area is 120 Å². The van der Waals surface area contributed by atoms with Gasteiger partial charge in [0.25, 0.3) is 0 Å². The number of carbonyl (C=O) groups excluding carboxylic acids is 1. The smallest absolute Gasteiger partial charge is 0.320 e. The van der Waals surface area contributed by atoms with Crippen molar-refractivity contribution < 1.29 is 24.2 Å². The molecular formula is C13H15NO5S. The number of carbonyl (C=O) groups is 2. The van der Waals surface area contributed by atoms with Crippen LogP contribution < -0.4 is 5.73 Å². The van der Waals surface area contributed by atoms with Crippen LogP contribution in [0.15, 0.2) is 29.2 Å². The first-order chi connectivity index (χ1) is 9.56. The van der Waals surface area contributed by atoms with Gasteiger partial charge in [0.2, 0.25) is 11.4 Å². The summed E-state index contributed by atoms with van der Waals surface area (Å²) in [7, 11) is 0. The van der Waals surface area contributed by atoms with E-state index in [2.05, 4.69) is 0 Å². The molecule has 0 aliphatic carbocycles. The van der Waals surface area contributed by atoms with Crippen molar-refractivity contribution >= 4 is 22.8 Å². The lowest BCUT2D eigenvalue weighted by Gasteiger charge is -2.09. The zero-order valence-corrected chi connectivity index (χ0v) is 11.5. The lowest BCUT2D eigenvalue weighted by molar-refractivity contribution is -0.138. The molecule has 1 aromatic rings. The summed E-state index contributed by atoms with van der Waals surface area (Å²) in [5.74, 6) is -1.03. The molecule has 1 saturated heterocycles. The Morgan fingerprint density at radius 2 is 1.90 bits per heavy atom. The maximum atomic E-state index is 11.8. The number of carboxylic acids is 1. The van der Waals surface area contributed by atoms with Crippen LogP contribution in [-0.4, -0.2) is 41.7 Å². The third kappa shape index (κ3) is 4.04. The van der Waals surface area contributed by atoms with Crippen molar-refractivity contribution in [2.24, 2.45) is 5.73 Å². The van der Waals surface area contributed by atoms with E-state index >= 15 is 0 Å². The van der Waals surface area contributed by atoms with Crippen LogP contribution in [-0.2, 0) is 25.5 Å². The van der Waals surface area contributed by atoms with Gasteiger partial charge in [0.15, 0.2) is 0 Å². The Kier molecular flexibility index (Phi) is 5.13. The minimum atomic E-state index is -1.03. The lowest BCUT2D eigenvalue weighted by Crippen LogP contribution is -2.32. The van der Waals surface area contributed by atoms with Crippen LogP contribution in [0.1, 0.15) is 5.56 Å². The fraction of sp³-hybridized carbons (Fsp3) is 0.385. The second-order valence-electron chi connectivity index (χ2n) is 4.29. The first kappa shape index (κ1) is 15.0. The highest BCUT2D eigenvalue weighted by Gasteiger charge is 2.25. The average molecular weight is 297 g/mol. The number of thioether (sulfide) groups is 1. The third-order valence-electron chi connectivity index (χ3n) is 2.73. The molecular weight excluding hydrogens is 282 g/mol. The summed E-state index contributed by atoms with van der Waals surface area (Å²) in [5.41, 5.74) is 6.27. The molecule has 6 nitrogen and oxygen atoms in total. The van der Waals surface area contributed by atoms with Gasteiger partial charge in [-0.05, 0) is 35.9 Å². The van der Waals surface area contributed by atoms with Crippen molar-refractivity contribution in [2.45, 2.75) is 23.6 Å². The molecule has 1 aliphatic rings. The zero-order valence-electron chi connectivity index (χ0n) is 10.7. The maximum Gasteiger partial charge on any atom is 0.320 e. The molecule has 1 aliphatic heterocycles. The second kappa shape index (κ2) is 6.85. The molecule has 3 N–H and O–H groups in total. The number of benzene rings is 1. The number of ether oxygens (including phenoxy) is 2. The fourth-order valence-corrected chi connectivity index (χ4v) is 2.43. The van der Waals surface area contributed by atoms with Gasteiger partial charge in [-0.2, -0.15) is 0 Å². The Hall–Kier alpha value is -1.41. The van der Waals surface area contributed by atoms with Crippen LogP contribution >= 0.6 is 11.8 Å². The van der Waals surface area contributed by atoms with Crippen LogP contribution in [0.2, 0.25) is 0 Å². The Balaban J connectivity index is 1.91. The fourth-order valence-electron chi connectivity index (χ4n) is 1.69. The number of hydrogen-bond donors (Lipinski definition) is 2. The summed E-state index contributed by atoms with van der Waals surface area (Å²) in [6.07, 6.45) is -0.539. The van der Waals surface area contributed by atoms with Crippen molar-refractivity contribution in [3.8, 4) is 0 Å². The van der Waals surface area contributed by atoms with Gasteiger partial charge in [0.05, 0.1) is 13.2 Å². The highest BCUT2D eigenvalue weighted by atomic mass is 32.2. The van der Waals surface area contributed by atoms with Crippen molar-refractivity contribution in [3.63, 3.8) is 0 Å². The first-order valence-electron chi connectivity index (χ1n) is 6.08. The molecule has 1 unspecified atom stereocenters. The van der Waals surface area contributed by atoms with E-state index in [1.54, 1.807) is 24.3 Å². The van der Waals surface area contributed by atoms with Crippen molar-refractivity contribution in [1.29, 1.82) is 0 Å². The largest absolute Gasteiger partial charge is 0.480 e. The molecule has 0 aromatic heterocycles. The molecule has 0 bridgehead atoms. The second-order valence-corrected chi connectivity index (χ2v) is 5.37. The zero-order chi connectivity index (χ0) is 14.5. The van der Waals surface area contributed by atoms with Gasteiger partial charge in [-0.25, -0.2) is 0 Å². The van der Waals surface area contributed by atoms with Gasteiger partial charge >= 0.3 is 5.97 Å². The quantitative estimate of drug-likeness (QED) is 0.769.